The van der Waals surface area contributed by atoms with Crippen LogP contribution in [0.2, 0.25) is 0 Å². The first-order valence-corrected chi connectivity index (χ1v) is 12.7. The summed E-state index contributed by atoms with van der Waals surface area (Å²) in [7, 11) is 0. The molecule has 0 radical (unpaired) electrons. The summed E-state index contributed by atoms with van der Waals surface area (Å²) in [6.45, 7) is 8.27. The number of Topliss-reactive ketones (excluding diaryl/α,β-unsaturated/α-hetero) is 1. The van der Waals surface area contributed by atoms with Crippen molar-refractivity contribution >= 4 is 23.0 Å². The minimum absolute atomic E-state index is 0.00824. The molecule has 182 valence electrons. The van der Waals surface area contributed by atoms with E-state index >= 15 is 0 Å². The third-order valence-electron chi connectivity index (χ3n) is 6.06. The zero-order valence-corrected chi connectivity index (χ0v) is 21.3. The average Bonchev–Trinajstić information content (AvgIpc) is 3.37. The molecule has 7 heteroatoms. The molecule has 1 unspecified atom stereocenters. The molecule has 2 heterocycles. The number of hydrogen-bond donors (Lipinski definition) is 1. The topological polar surface area (TPSA) is 79.7 Å². The molecule has 1 atom stereocenters. The summed E-state index contributed by atoms with van der Waals surface area (Å²) in [4.78, 5) is 33.5. The fourth-order valence-electron chi connectivity index (χ4n) is 4.22. The highest BCUT2D eigenvalue weighted by molar-refractivity contribution is 7.17. The van der Waals surface area contributed by atoms with Gasteiger partial charge in [0.2, 0.25) is 5.78 Å². The van der Waals surface area contributed by atoms with Crippen LogP contribution in [0.5, 0.6) is 0 Å². The van der Waals surface area contributed by atoms with Gasteiger partial charge in [0.25, 0.3) is 5.91 Å². The van der Waals surface area contributed by atoms with Crippen molar-refractivity contribution in [1.29, 1.82) is 0 Å². The monoisotopic (exact) mass is 490 g/mol. The normalized spacial score (nSPS) is 16.0. The number of amides is 1. The number of carbonyl (C=O) groups is 2. The van der Waals surface area contributed by atoms with Gasteiger partial charge in [-0.25, -0.2) is 4.98 Å². The van der Waals surface area contributed by atoms with E-state index in [1.54, 1.807) is 6.92 Å². The molecule has 0 aliphatic carbocycles. The van der Waals surface area contributed by atoms with Crippen LogP contribution in [0.3, 0.4) is 0 Å². The SMILES string of the molecule is CCc1ccc(C2C(C(=O)c3sc(-c4ccccc4)nc3C)=C(O)C(=O)N2CCOC(C)C)cc1. The number of benzene rings is 2. The van der Waals surface area contributed by atoms with Gasteiger partial charge in [0.1, 0.15) is 5.01 Å². The van der Waals surface area contributed by atoms with Crippen LogP contribution in [0.1, 0.15) is 53.3 Å². The van der Waals surface area contributed by atoms with Gasteiger partial charge in [0.15, 0.2) is 5.76 Å². The fourth-order valence-corrected chi connectivity index (χ4v) is 5.24. The molecule has 1 N–H and O–H groups in total. The largest absolute Gasteiger partial charge is 0.503 e. The number of carbonyl (C=O) groups excluding carboxylic acids is 2. The van der Waals surface area contributed by atoms with Crippen LogP contribution >= 0.6 is 11.3 Å². The molecule has 0 saturated heterocycles. The Labute approximate surface area is 209 Å². The molecule has 4 rings (SSSR count). The Morgan fingerprint density at radius 1 is 1.14 bits per heavy atom. The van der Waals surface area contributed by atoms with E-state index in [1.165, 1.54) is 16.2 Å². The lowest BCUT2D eigenvalue weighted by molar-refractivity contribution is -0.130. The van der Waals surface area contributed by atoms with Gasteiger partial charge in [0.05, 0.1) is 34.9 Å². The van der Waals surface area contributed by atoms with Gasteiger partial charge in [-0.05, 0) is 38.3 Å². The van der Waals surface area contributed by atoms with E-state index in [0.717, 1.165) is 28.1 Å². The number of hydrogen-bond acceptors (Lipinski definition) is 6. The molecule has 6 nitrogen and oxygen atoms in total. The second-order valence-electron chi connectivity index (χ2n) is 8.81. The molecular formula is C28H30N2O4S. The van der Waals surface area contributed by atoms with Crippen molar-refractivity contribution in [3.63, 3.8) is 0 Å². The van der Waals surface area contributed by atoms with Crippen LogP contribution in [0.15, 0.2) is 65.9 Å². The second-order valence-corrected chi connectivity index (χ2v) is 9.81. The predicted molar refractivity (Wildman–Crippen MR) is 138 cm³/mol. The van der Waals surface area contributed by atoms with E-state index in [-0.39, 0.29) is 24.0 Å². The maximum absolute atomic E-state index is 13.8. The minimum Gasteiger partial charge on any atom is -0.503 e. The standard InChI is InChI=1S/C28H30N2O4S/c1-5-19-11-13-20(14-12-19)23-22(25(32)28(33)30(23)15-16-34-17(2)3)24(31)26-18(4)29-27(35-26)21-9-7-6-8-10-21/h6-14,17,23,32H,5,15-16H2,1-4H3. The Bertz CT molecular complexity index is 1250. The van der Waals surface area contributed by atoms with E-state index < -0.39 is 17.7 Å². The number of rotatable bonds is 9. The third kappa shape index (κ3) is 5.06. The number of aryl methyl sites for hydroxylation is 2. The van der Waals surface area contributed by atoms with Gasteiger partial charge in [-0.15, -0.1) is 11.3 Å². The van der Waals surface area contributed by atoms with E-state index in [4.69, 9.17) is 4.74 Å². The van der Waals surface area contributed by atoms with Gasteiger partial charge in [0, 0.05) is 12.1 Å². The smallest absolute Gasteiger partial charge is 0.290 e. The first-order chi connectivity index (χ1) is 16.8. The van der Waals surface area contributed by atoms with Gasteiger partial charge in [-0.3, -0.25) is 9.59 Å². The maximum Gasteiger partial charge on any atom is 0.290 e. The summed E-state index contributed by atoms with van der Waals surface area (Å²) in [5.41, 5.74) is 3.51. The van der Waals surface area contributed by atoms with Crippen molar-refractivity contribution < 1.29 is 19.4 Å². The van der Waals surface area contributed by atoms with E-state index in [1.807, 2.05) is 68.4 Å². The van der Waals surface area contributed by atoms with Crippen molar-refractivity contribution in [2.24, 2.45) is 0 Å². The van der Waals surface area contributed by atoms with Crippen molar-refractivity contribution in [2.75, 3.05) is 13.2 Å². The maximum atomic E-state index is 13.8. The molecule has 0 bridgehead atoms. The Morgan fingerprint density at radius 2 is 1.83 bits per heavy atom. The highest BCUT2D eigenvalue weighted by Gasteiger charge is 2.44. The number of nitrogens with zero attached hydrogens (tertiary/aromatic N) is 2. The summed E-state index contributed by atoms with van der Waals surface area (Å²) in [5, 5.41) is 11.7. The second kappa shape index (κ2) is 10.5. The molecule has 1 aliphatic rings. The first-order valence-electron chi connectivity index (χ1n) is 11.8. The summed E-state index contributed by atoms with van der Waals surface area (Å²) < 4.78 is 5.67. The molecule has 1 aliphatic heterocycles. The quantitative estimate of drug-likeness (QED) is 0.390. The minimum atomic E-state index is -0.696. The van der Waals surface area contributed by atoms with E-state index in [9.17, 15) is 14.7 Å². The van der Waals surface area contributed by atoms with Gasteiger partial charge in [-0.2, -0.15) is 0 Å². The van der Waals surface area contributed by atoms with Crippen LogP contribution in [-0.2, 0) is 16.0 Å². The van der Waals surface area contributed by atoms with Gasteiger partial charge < -0.3 is 14.7 Å². The third-order valence-corrected chi connectivity index (χ3v) is 7.26. The summed E-state index contributed by atoms with van der Waals surface area (Å²) in [6.07, 6.45) is 0.888. The van der Waals surface area contributed by atoms with Crippen LogP contribution in [0.4, 0.5) is 0 Å². The van der Waals surface area contributed by atoms with Crippen molar-refractivity contribution in [2.45, 2.75) is 46.3 Å². The molecule has 0 fully saturated rings. The summed E-state index contributed by atoms with van der Waals surface area (Å²) in [6, 6.07) is 16.8. The van der Waals surface area contributed by atoms with Crippen LogP contribution in [-0.4, -0.2) is 45.9 Å². The Kier molecular flexibility index (Phi) is 7.48. The van der Waals surface area contributed by atoms with Crippen molar-refractivity contribution in [3.05, 3.63) is 87.6 Å². The molecule has 1 aromatic heterocycles. The molecule has 1 amide bonds. The summed E-state index contributed by atoms with van der Waals surface area (Å²) in [5.74, 6) is -1.43. The lowest BCUT2D eigenvalue weighted by atomic mass is 9.94. The number of ketones is 1. The predicted octanol–water partition coefficient (Wildman–Crippen LogP) is 5.68. The Hall–Kier alpha value is -3.29. The van der Waals surface area contributed by atoms with Crippen molar-refractivity contribution in [1.82, 2.24) is 9.88 Å². The van der Waals surface area contributed by atoms with Gasteiger partial charge in [-0.1, -0.05) is 61.5 Å². The van der Waals surface area contributed by atoms with E-state index in [2.05, 4.69) is 11.9 Å². The number of ether oxygens (including phenoxy) is 1. The first kappa shape index (κ1) is 24.8. The molecule has 35 heavy (non-hydrogen) atoms. The number of thiazole rings is 1. The molecule has 2 aromatic carbocycles. The highest BCUT2D eigenvalue weighted by atomic mass is 32.1. The number of aromatic nitrogens is 1. The molecule has 0 spiro atoms. The molecule has 0 saturated carbocycles. The lowest BCUT2D eigenvalue weighted by Gasteiger charge is -2.27. The molecule has 3 aromatic rings. The average molecular weight is 491 g/mol. The molecular weight excluding hydrogens is 460 g/mol. The number of aliphatic hydroxyl groups is 1. The zero-order valence-electron chi connectivity index (χ0n) is 20.4. The Balaban J connectivity index is 1.73. The zero-order chi connectivity index (χ0) is 25.1. The van der Waals surface area contributed by atoms with Gasteiger partial charge >= 0.3 is 0 Å². The van der Waals surface area contributed by atoms with E-state index in [0.29, 0.717) is 17.2 Å². The number of aliphatic hydroxyl groups excluding tert-OH is 1. The highest BCUT2D eigenvalue weighted by Crippen LogP contribution is 2.41. The van der Waals surface area contributed by atoms with Crippen LogP contribution in [0.25, 0.3) is 10.6 Å². The van der Waals surface area contributed by atoms with Crippen molar-refractivity contribution in [3.8, 4) is 10.6 Å². The fraction of sp³-hybridized carbons (Fsp3) is 0.321. The van der Waals surface area contributed by atoms with Crippen LogP contribution in [0, 0.1) is 6.92 Å². The summed E-state index contributed by atoms with van der Waals surface area (Å²) >= 11 is 1.28. The van der Waals surface area contributed by atoms with Crippen LogP contribution < -0.4 is 0 Å². The lowest BCUT2D eigenvalue weighted by Crippen LogP contribution is -2.34. The Morgan fingerprint density at radius 3 is 2.46 bits per heavy atom.